The minimum absolute atomic E-state index is 0.00307. The topological polar surface area (TPSA) is 52.7 Å². The minimum atomic E-state index is 0.00307. The van der Waals surface area contributed by atoms with Gasteiger partial charge in [0.1, 0.15) is 0 Å². The van der Waals surface area contributed by atoms with Crippen LogP contribution in [0.2, 0.25) is 0 Å². The van der Waals surface area contributed by atoms with E-state index in [4.69, 9.17) is 0 Å². The van der Waals surface area contributed by atoms with E-state index in [0.717, 1.165) is 45.2 Å². The van der Waals surface area contributed by atoms with Crippen LogP contribution in [0, 0.1) is 5.92 Å². The van der Waals surface area contributed by atoms with Crippen LogP contribution in [-0.2, 0) is 10.2 Å². The molecule has 1 atom stereocenters. The first kappa shape index (κ1) is 20.7. The van der Waals surface area contributed by atoms with E-state index in [1.54, 1.807) is 0 Å². The minimum Gasteiger partial charge on any atom is -0.342 e. The number of carbonyl (C=O) groups excluding carboxylic acids is 2. The van der Waals surface area contributed by atoms with E-state index >= 15 is 0 Å². The molecule has 2 aliphatic rings. The average Bonchev–Trinajstić information content (AvgIpc) is 3.22. The van der Waals surface area contributed by atoms with Crippen LogP contribution in [0.1, 0.15) is 58.4 Å². The van der Waals surface area contributed by atoms with Gasteiger partial charge in [-0.3, -0.25) is 4.79 Å². The second-order valence-electron chi connectivity index (χ2n) is 9.10. The predicted molar refractivity (Wildman–Crippen MR) is 112 cm³/mol. The molecule has 0 saturated carbocycles. The van der Waals surface area contributed by atoms with Gasteiger partial charge in [0, 0.05) is 38.1 Å². The molecule has 2 fully saturated rings. The zero-order chi connectivity index (χ0) is 20.1. The van der Waals surface area contributed by atoms with Gasteiger partial charge in [-0.25, -0.2) is 4.79 Å². The van der Waals surface area contributed by atoms with Gasteiger partial charge >= 0.3 is 6.03 Å². The largest absolute Gasteiger partial charge is 0.342 e. The zero-order valence-electron chi connectivity index (χ0n) is 17.6. The molecule has 154 valence electrons. The van der Waals surface area contributed by atoms with Crippen molar-refractivity contribution in [1.29, 1.82) is 0 Å². The summed E-state index contributed by atoms with van der Waals surface area (Å²) in [5.74, 6) is 0.395. The fourth-order valence-corrected chi connectivity index (χ4v) is 4.65. The van der Waals surface area contributed by atoms with Gasteiger partial charge in [0.15, 0.2) is 0 Å². The van der Waals surface area contributed by atoms with E-state index in [1.807, 2.05) is 15.9 Å². The lowest BCUT2D eigenvalue weighted by molar-refractivity contribution is -0.135. The summed E-state index contributed by atoms with van der Waals surface area (Å²) in [5.41, 5.74) is 1.29. The molecule has 1 unspecified atom stereocenters. The van der Waals surface area contributed by atoms with Gasteiger partial charge in [-0.05, 0) is 50.0 Å². The third-order valence-electron chi connectivity index (χ3n) is 6.29. The lowest BCUT2D eigenvalue weighted by Gasteiger charge is -2.35. The van der Waals surface area contributed by atoms with E-state index in [9.17, 15) is 9.59 Å². The summed E-state index contributed by atoms with van der Waals surface area (Å²) in [6.07, 6.45) is 4.71. The zero-order valence-corrected chi connectivity index (χ0v) is 17.6. The number of carbonyl (C=O) groups is 2. The van der Waals surface area contributed by atoms with Gasteiger partial charge in [0.25, 0.3) is 0 Å². The van der Waals surface area contributed by atoms with E-state index in [-0.39, 0.29) is 23.4 Å². The van der Waals surface area contributed by atoms with Crippen LogP contribution in [0.25, 0.3) is 0 Å². The van der Waals surface area contributed by atoms with Gasteiger partial charge < -0.3 is 15.1 Å². The molecule has 1 aromatic rings. The molecular formula is C23H35N3O2. The number of nitrogens with one attached hydrogen (secondary N) is 1. The van der Waals surface area contributed by atoms with Crippen molar-refractivity contribution in [3.63, 3.8) is 0 Å². The molecule has 2 heterocycles. The van der Waals surface area contributed by atoms with Gasteiger partial charge in [0.2, 0.25) is 5.91 Å². The highest BCUT2D eigenvalue weighted by molar-refractivity contribution is 5.80. The maximum absolute atomic E-state index is 12.7. The second-order valence-corrected chi connectivity index (χ2v) is 9.10. The fourth-order valence-electron chi connectivity index (χ4n) is 4.65. The number of amides is 3. The number of urea groups is 1. The smallest absolute Gasteiger partial charge is 0.317 e. The number of rotatable bonds is 5. The SMILES string of the molecule is CC(CC(C)(C)c1ccccc1)NC(=O)N1CCC(C(=O)N2CCCC2)CC1. The van der Waals surface area contributed by atoms with Gasteiger partial charge in [-0.15, -0.1) is 0 Å². The normalized spacial score (nSPS) is 19.5. The molecule has 1 N–H and O–H groups in total. The first-order chi connectivity index (χ1) is 13.4. The van der Waals surface area contributed by atoms with E-state index < -0.39 is 0 Å². The number of hydrogen-bond acceptors (Lipinski definition) is 2. The molecule has 0 aliphatic carbocycles. The lowest BCUT2D eigenvalue weighted by Crippen LogP contribution is -2.49. The van der Waals surface area contributed by atoms with Crippen LogP contribution in [0.15, 0.2) is 30.3 Å². The molecule has 0 spiro atoms. The summed E-state index contributed by atoms with van der Waals surface area (Å²) < 4.78 is 0. The first-order valence-electron chi connectivity index (χ1n) is 10.8. The number of hydrogen-bond donors (Lipinski definition) is 1. The molecule has 2 saturated heterocycles. The quantitative estimate of drug-likeness (QED) is 0.838. The van der Waals surface area contributed by atoms with Crippen LogP contribution < -0.4 is 5.32 Å². The fraction of sp³-hybridized carbons (Fsp3) is 0.652. The van der Waals surface area contributed by atoms with E-state index in [2.05, 4.69) is 50.4 Å². The molecule has 5 heteroatoms. The molecule has 5 nitrogen and oxygen atoms in total. The number of piperidine rings is 1. The van der Waals surface area contributed by atoms with Crippen molar-refractivity contribution in [3.8, 4) is 0 Å². The van der Waals surface area contributed by atoms with E-state index in [0.29, 0.717) is 19.0 Å². The third-order valence-corrected chi connectivity index (χ3v) is 6.29. The molecule has 0 bridgehead atoms. The maximum Gasteiger partial charge on any atom is 0.317 e. The molecule has 0 radical (unpaired) electrons. The number of benzene rings is 1. The summed E-state index contributed by atoms with van der Waals surface area (Å²) in [7, 11) is 0. The van der Waals surface area contributed by atoms with Crippen LogP contribution >= 0.6 is 0 Å². The lowest BCUT2D eigenvalue weighted by atomic mass is 9.79. The Hall–Kier alpha value is -2.04. The Bertz CT molecular complexity index is 660. The van der Waals surface area contributed by atoms with E-state index in [1.165, 1.54) is 5.56 Å². The van der Waals surface area contributed by atoms with Crippen molar-refractivity contribution in [2.24, 2.45) is 5.92 Å². The van der Waals surface area contributed by atoms with Crippen LogP contribution in [-0.4, -0.2) is 54.0 Å². The third kappa shape index (κ3) is 5.06. The Morgan fingerprint density at radius 2 is 1.64 bits per heavy atom. The molecular weight excluding hydrogens is 350 g/mol. The summed E-state index contributed by atoms with van der Waals surface area (Å²) >= 11 is 0. The highest BCUT2D eigenvalue weighted by Gasteiger charge is 2.32. The Morgan fingerprint density at radius 1 is 1.04 bits per heavy atom. The van der Waals surface area contributed by atoms with Crippen molar-refractivity contribution >= 4 is 11.9 Å². The summed E-state index contributed by atoms with van der Waals surface area (Å²) in [4.78, 5) is 29.1. The number of nitrogens with zero attached hydrogens (tertiary/aromatic N) is 2. The highest BCUT2D eigenvalue weighted by atomic mass is 16.2. The Morgan fingerprint density at radius 3 is 2.25 bits per heavy atom. The van der Waals surface area contributed by atoms with Crippen LogP contribution in [0.4, 0.5) is 4.79 Å². The summed E-state index contributed by atoms with van der Waals surface area (Å²) in [6, 6.07) is 10.5. The standard InChI is InChI=1S/C23H35N3O2/c1-18(17-23(2,3)20-9-5-4-6-10-20)24-22(28)26-15-11-19(12-16-26)21(27)25-13-7-8-14-25/h4-6,9-10,18-19H,7-8,11-17H2,1-3H3,(H,24,28). The van der Waals surface area contributed by atoms with Crippen molar-refractivity contribution in [2.45, 2.75) is 64.3 Å². The van der Waals surface area contributed by atoms with Crippen LogP contribution in [0.3, 0.4) is 0 Å². The molecule has 2 aliphatic heterocycles. The summed E-state index contributed by atoms with van der Waals surface area (Å²) in [5, 5.41) is 3.17. The number of likely N-dealkylation sites (tertiary alicyclic amines) is 2. The van der Waals surface area contributed by atoms with Crippen molar-refractivity contribution in [3.05, 3.63) is 35.9 Å². The van der Waals surface area contributed by atoms with Crippen LogP contribution in [0.5, 0.6) is 0 Å². The van der Waals surface area contributed by atoms with Crippen molar-refractivity contribution in [1.82, 2.24) is 15.1 Å². The van der Waals surface area contributed by atoms with Crippen molar-refractivity contribution in [2.75, 3.05) is 26.2 Å². The predicted octanol–water partition coefficient (Wildman–Crippen LogP) is 3.79. The van der Waals surface area contributed by atoms with Gasteiger partial charge in [-0.2, -0.15) is 0 Å². The molecule has 1 aromatic carbocycles. The first-order valence-corrected chi connectivity index (χ1v) is 10.8. The second kappa shape index (κ2) is 8.97. The molecule has 28 heavy (non-hydrogen) atoms. The maximum atomic E-state index is 12.7. The molecule has 3 amide bonds. The highest BCUT2D eigenvalue weighted by Crippen LogP contribution is 2.28. The molecule has 0 aromatic heterocycles. The Labute approximate surface area is 169 Å². The van der Waals surface area contributed by atoms with Gasteiger partial charge in [-0.1, -0.05) is 44.2 Å². The molecule has 3 rings (SSSR count). The van der Waals surface area contributed by atoms with Crippen molar-refractivity contribution < 1.29 is 9.59 Å². The monoisotopic (exact) mass is 385 g/mol. The average molecular weight is 386 g/mol. The van der Waals surface area contributed by atoms with Gasteiger partial charge in [0.05, 0.1) is 0 Å². The Balaban J connectivity index is 1.45. The summed E-state index contributed by atoms with van der Waals surface area (Å²) in [6.45, 7) is 9.69. The Kier molecular flexibility index (Phi) is 6.63.